The van der Waals surface area contributed by atoms with Crippen LogP contribution in [-0.4, -0.2) is 46.0 Å². The molecule has 29 heavy (non-hydrogen) atoms. The van der Waals surface area contributed by atoms with Crippen molar-refractivity contribution in [3.05, 3.63) is 58.6 Å². The van der Waals surface area contributed by atoms with E-state index in [1.807, 2.05) is 36.4 Å². The molecule has 1 aliphatic heterocycles. The second-order valence-corrected chi connectivity index (χ2v) is 8.21. The Kier molecular flexibility index (Phi) is 5.32. The number of Topliss-reactive ketones (excluding diaryl/α,β-unsaturated/α-hetero) is 1. The Morgan fingerprint density at radius 2 is 1.41 bits per heavy atom. The quantitative estimate of drug-likeness (QED) is 0.388. The lowest BCUT2D eigenvalue weighted by atomic mass is 10.0. The van der Waals surface area contributed by atoms with E-state index in [2.05, 4.69) is 15.9 Å². The highest BCUT2D eigenvalue weighted by Gasteiger charge is 2.48. The van der Waals surface area contributed by atoms with Crippen LogP contribution in [0.25, 0.3) is 11.1 Å². The average molecular weight is 455 g/mol. The van der Waals surface area contributed by atoms with Gasteiger partial charge in [0.05, 0.1) is 6.54 Å². The van der Waals surface area contributed by atoms with Crippen LogP contribution in [0, 0.1) is 0 Å². The Labute approximate surface area is 176 Å². The molecule has 0 spiro atoms. The molecule has 4 rings (SSSR count). The van der Waals surface area contributed by atoms with Crippen LogP contribution >= 0.6 is 15.9 Å². The number of carbonyl (C=O) groups is 4. The van der Waals surface area contributed by atoms with Gasteiger partial charge in [-0.05, 0) is 36.1 Å². The fourth-order valence-corrected chi connectivity index (χ4v) is 4.14. The molecular formula is C22H19BrN2O4. The van der Waals surface area contributed by atoms with Gasteiger partial charge in [-0.3, -0.25) is 19.3 Å². The summed E-state index contributed by atoms with van der Waals surface area (Å²) in [6.07, 6.45) is 3.28. The molecule has 0 aromatic heterocycles. The van der Waals surface area contributed by atoms with Crippen LogP contribution in [0.3, 0.4) is 0 Å². The summed E-state index contributed by atoms with van der Waals surface area (Å²) in [5.41, 5.74) is 2.35. The maximum atomic E-state index is 12.6. The van der Waals surface area contributed by atoms with Gasteiger partial charge < -0.3 is 0 Å². The SMILES string of the molecule is O=C(CN1C(=O)C(=O)N(C2CCCC2)C1=O)c1ccc(-c2ccc(Br)cc2)cc1. The van der Waals surface area contributed by atoms with Crippen LogP contribution in [-0.2, 0) is 9.59 Å². The summed E-state index contributed by atoms with van der Waals surface area (Å²) >= 11 is 3.40. The van der Waals surface area contributed by atoms with Crippen molar-refractivity contribution in [3.63, 3.8) is 0 Å². The molecule has 2 aliphatic rings. The number of hydrogen-bond acceptors (Lipinski definition) is 4. The lowest BCUT2D eigenvalue weighted by molar-refractivity contribution is -0.143. The molecule has 148 valence electrons. The third-order valence-electron chi connectivity index (χ3n) is 5.46. The minimum Gasteiger partial charge on any atom is -0.292 e. The van der Waals surface area contributed by atoms with Crippen molar-refractivity contribution < 1.29 is 19.2 Å². The van der Waals surface area contributed by atoms with Crippen LogP contribution in [0.1, 0.15) is 36.0 Å². The van der Waals surface area contributed by atoms with E-state index in [0.29, 0.717) is 18.4 Å². The molecule has 2 aromatic carbocycles. The summed E-state index contributed by atoms with van der Waals surface area (Å²) < 4.78 is 0.981. The first kappa shape index (κ1) is 19.5. The van der Waals surface area contributed by atoms with Crippen LogP contribution in [0.2, 0.25) is 0 Å². The number of ketones is 1. The Balaban J connectivity index is 1.47. The van der Waals surface area contributed by atoms with E-state index in [0.717, 1.165) is 38.2 Å². The van der Waals surface area contributed by atoms with E-state index in [4.69, 9.17) is 0 Å². The molecule has 7 heteroatoms. The van der Waals surface area contributed by atoms with Gasteiger partial charge in [-0.2, -0.15) is 0 Å². The molecule has 6 nitrogen and oxygen atoms in total. The lowest BCUT2D eigenvalue weighted by Crippen LogP contribution is -2.41. The smallest absolute Gasteiger partial charge is 0.292 e. The molecule has 0 bridgehead atoms. The largest absolute Gasteiger partial charge is 0.334 e. The number of rotatable bonds is 5. The van der Waals surface area contributed by atoms with Gasteiger partial charge in [0.25, 0.3) is 0 Å². The van der Waals surface area contributed by atoms with Gasteiger partial charge in [0.1, 0.15) is 0 Å². The summed E-state index contributed by atoms with van der Waals surface area (Å²) in [6, 6.07) is 13.9. The number of nitrogens with zero attached hydrogens (tertiary/aromatic N) is 2. The van der Waals surface area contributed by atoms with Gasteiger partial charge in [-0.15, -0.1) is 0 Å². The first-order valence-electron chi connectivity index (χ1n) is 9.54. The van der Waals surface area contributed by atoms with Crippen LogP contribution < -0.4 is 0 Å². The van der Waals surface area contributed by atoms with Crippen molar-refractivity contribution in [2.24, 2.45) is 0 Å². The molecule has 4 amide bonds. The van der Waals surface area contributed by atoms with Gasteiger partial charge in [-0.1, -0.05) is 65.2 Å². The summed E-state index contributed by atoms with van der Waals surface area (Å²) in [6.45, 7) is -0.426. The average Bonchev–Trinajstić information content (AvgIpc) is 3.32. The number of amides is 4. The zero-order valence-electron chi connectivity index (χ0n) is 15.6. The van der Waals surface area contributed by atoms with Gasteiger partial charge in [-0.25, -0.2) is 9.69 Å². The highest BCUT2D eigenvalue weighted by atomic mass is 79.9. The highest BCUT2D eigenvalue weighted by molar-refractivity contribution is 9.10. The van der Waals surface area contributed by atoms with Gasteiger partial charge in [0, 0.05) is 16.1 Å². The zero-order chi connectivity index (χ0) is 20.5. The molecule has 2 fully saturated rings. The van der Waals surface area contributed by atoms with Crippen molar-refractivity contribution >= 4 is 39.6 Å². The van der Waals surface area contributed by atoms with Crippen molar-refractivity contribution in [2.75, 3.05) is 6.54 Å². The zero-order valence-corrected chi connectivity index (χ0v) is 17.2. The molecule has 0 unspecified atom stereocenters. The normalized spacial score (nSPS) is 17.5. The number of benzene rings is 2. The van der Waals surface area contributed by atoms with Crippen molar-refractivity contribution in [1.82, 2.24) is 9.80 Å². The summed E-state index contributed by atoms with van der Waals surface area (Å²) in [5.74, 6) is -2.11. The van der Waals surface area contributed by atoms with Crippen LogP contribution in [0.15, 0.2) is 53.0 Å². The lowest BCUT2D eigenvalue weighted by Gasteiger charge is -2.20. The molecule has 1 heterocycles. The minimum absolute atomic E-state index is 0.232. The Bertz CT molecular complexity index is 979. The van der Waals surface area contributed by atoms with Gasteiger partial charge in [0.15, 0.2) is 5.78 Å². The molecular weight excluding hydrogens is 436 g/mol. The van der Waals surface area contributed by atoms with E-state index in [1.165, 1.54) is 0 Å². The molecule has 0 radical (unpaired) electrons. The maximum Gasteiger partial charge on any atom is 0.334 e. The summed E-state index contributed by atoms with van der Waals surface area (Å²) in [5, 5.41) is 0. The molecule has 0 atom stereocenters. The van der Waals surface area contributed by atoms with Gasteiger partial charge >= 0.3 is 17.8 Å². The molecule has 1 aliphatic carbocycles. The Morgan fingerprint density at radius 1 is 0.862 bits per heavy atom. The third-order valence-corrected chi connectivity index (χ3v) is 5.99. The van der Waals surface area contributed by atoms with E-state index in [-0.39, 0.29) is 11.8 Å². The topological polar surface area (TPSA) is 74.8 Å². The van der Waals surface area contributed by atoms with Crippen LogP contribution in [0.4, 0.5) is 4.79 Å². The van der Waals surface area contributed by atoms with Crippen molar-refractivity contribution in [1.29, 1.82) is 0 Å². The highest BCUT2D eigenvalue weighted by Crippen LogP contribution is 2.28. The molecule has 1 saturated carbocycles. The first-order chi connectivity index (χ1) is 14.0. The first-order valence-corrected chi connectivity index (χ1v) is 10.3. The van der Waals surface area contributed by atoms with Crippen molar-refractivity contribution in [2.45, 2.75) is 31.7 Å². The number of hydrogen-bond donors (Lipinski definition) is 0. The van der Waals surface area contributed by atoms with Crippen molar-refractivity contribution in [3.8, 4) is 11.1 Å². The predicted octanol–water partition coefficient (Wildman–Crippen LogP) is 4.03. The minimum atomic E-state index is -0.915. The van der Waals surface area contributed by atoms with E-state index < -0.39 is 24.4 Å². The monoisotopic (exact) mass is 454 g/mol. The third kappa shape index (κ3) is 3.74. The number of halogens is 1. The summed E-state index contributed by atoms with van der Waals surface area (Å²) in [7, 11) is 0. The number of imide groups is 2. The Morgan fingerprint density at radius 3 is 2.00 bits per heavy atom. The standard InChI is InChI=1S/C22H19BrN2O4/c23-17-11-9-15(10-12-17)14-5-7-16(8-6-14)19(26)13-24-20(27)21(28)25(22(24)29)18-3-1-2-4-18/h5-12,18H,1-4,13H2. The maximum absolute atomic E-state index is 12.6. The van der Waals surface area contributed by atoms with E-state index in [9.17, 15) is 19.2 Å². The Hall–Kier alpha value is -2.80. The number of urea groups is 1. The fraction of sp³-hybridized carbons (Fsp3) is 0.273. The summed E-state index contributed by atoms with van der Waals surface area (Å²) in [4.78, 5) is 51.6. The van der Waals surface area contributed by atoms with E-state index in [1.54, 1.807) is 12.1 Å². The second-order valence-electron chi connectivity index (χ2n) is 7.29. The second kappa shape index (κ2) is 7.91. The van der Waals surface area contributed by atoms with Gasteiger partial charge in [0.2, 0.25) is 0 Å². The molecule has 1 saturated heterocycles. The van der Waals surface area contributed by atoms with E-state index >= 15 is 0 Å². The molecule has 2 aromatic rings. The predicted molar refractivity (Wildman–Crippen MR) is 110 cm³/mol. The fourth-order valence-electron chi connectivity index (χ4n) is 3.87. The number of carbonyl (C=O) groups excluding carboxylic acids is 4. The van der Waals surface area contributed by atoms with Crippen LogP contribution in [0.5, 0.6) is 0 Å². The molecule has 0 N–H and O–H groups in total.